The molecule has 1 aromatic heterocycles. The molecular weight excluding hydrogens is 325 g/mol. The lowest BCUT2D eigenvalue weighted by atomic mass is 10.2. The SMILES string of the molecule is COc1ccc(-n2c(N)nc3ccc(F)cc32)cc1Br. The van der Waals surface area contributed by atoms with Crippen LogP contribution in [0.1, 0.15) is 0 Å². The number of hydrogen-bond acceptors (Lipinski definition) is 3. The number of imidazole rings is 1. The quantitative estimate of drug-likeness (QED) is 0.779. The zero-order valence-corrected chi connectivity index (χ0v) is 12.2. The standard InChI is InChI=1S/C14H11BrFN3O/c1-20-13-5-3-9(7-10(13)15)19-12-6-8(16)2-4-11(12)18-14(19)17/h2-7H,1H3,(H2,17,18). The number of fused-ring (bicyclic) bond motifs is 1. The van der Waals surface area contributed by atoms with Crippen LogP contribution in [0.3, 0.4) is 0 Å². The molecule has 20 heavy (non-hydrogen) atoms. The van der Waals surface area contributed by atoms with E-state index in [1.165, 1.54) is 12.1 Å². The van der Waals surface area contributed by atoms with Gasteiger partial charge in [-0.05, 0) is 46.3 Å². The maximum atomic E-state index is 13.4. The van der Waals surface area contributed by atoms with Gasteiger partial charge >= 0.3 is 0 Å². The summed E-state index contributed by atoms with van der Waals surface area (Å²) in [5.74, 6) is 0.691. The third-order valence-electron chi connectivity index (χ3n) is 3.04. The van der Waals surface area contributed by atoms with Gasteiger partial charge in [-0.25, -0.2) is 9.37 Å². The minimum atomic E-state index is -0.328. The maximum absolute atomic E-state index is 13.4. The molecule has 0 bridgehead atoms. The third-order valence-corrected chi connectivity index (χ3v) is 3.66. The van der Waals surface area contributed by atoms with Gasteiger partial charge in [0.1, 0.15) is 11.6 Å². The summed E-state index contributed by atoms with van der Waals surface area (Å²) in [4.78, 5) is 4.23. The molecule has 4 nitrogen and oxygen atoms in total. The van der Waals surface area contributed by atoms with Gasteiger partial charge in [0, 0.05) is 6.07 Å². The highest BCUT2D eigenvalue weighted by molar-refractivity contribution is 9.10. The van der Waals surface area contributed by atoms with Gasteiger partial charge in [-0.1, -0.05) is 0 Å². The topological polar surface area (TPSA) is 53.1 Å². The van der Waals surface area contributed by atoms with Gasteiger partial charge in [-0.3, -0.25) is 4.57 Å². The zero-order chi connectivity index (χ0) is 14.3. The van der Waals surface area contributed by atoms with E-state index in [1.807, 2.05) is 18.2 Å². The van der Waals surface area contributed by atoms with Gasteiger partial charge < -0.3 is 10.5 Å². The van der Waals surface area contributed by atoms with E-state index in [2.05, 4.69) is 20.9 Å². The van der Waals surface area contributed by atoms with E-state index < -0.39 is 0 Å². The molecule has 3 aromatic rings. The fourth-order valence-corrected chi connectivity index (χ4v) is 2.66. The molecule has 102 valence electrons. The normalized spacial score (nSPS) is 10.9. The van der Waals surface area contributed by atoms with Gasteiger partial charge in [0.15, 0.2) is 0 Å². The zero-order valence-electron chi connectivity index (χ0n) is 10.6. The number of nitrogen functional groups attached to an aromatic ring is 1. The van der Waals surface area contributed by atoms with E-state index in [0.29, 0.717) is 22.7 Å². The molecule has 2 aromatic carbocycles. The largest absolute Gasteiger partial charge is 0.496 e. The Morgan fingerprint density at radius 1 is 1.25 bits per heavy atom. The Labute approximate surface area is 123 Å². The molecule has 0 aliphatic carbocycles. The Morgan fingerprint density at radius 2 is 2.05 bits per heavy atom. The van der Waals surface area contributed by atoms with Crippen molar-refractivity contribution in [1.29, 1.82) is 0 Å². The number of halogens is 2. The van der Waals surface area contributed by atoms with Crippen molar-refractivity contribution >= 4 is 32.9 Å². The van der Waals surface area contributed by atoms with Crippen LogP contribution in [0.2, 0.25) is 0 Å². The fourth-order valence-electron chi connectivity index (χ4n) is 2.13. The molecule has 1 heterocycles. The van der Waals surface area contributed by atoms with E-state index in [4.69, 9.17) is 10.5 Å². The van der Waals surface area contributed by atoms with Crippen LogP contribution in [0.15, 0.2) is 40.9 Å². The van der Waals surface area contributed by atoms with E-state index in [-0.39, 0.29) is 5.82 Å². The number of nitrogens with two attached hydrogens (primary N) is 1. The highest BCUT2D eigenvalue weighted by Crippen LogP contribution is 2.30. The predicted molar refractivity (Wildman–Crippen MR) is 79.7 cm³/mol. The minimum absolute atomic E-state index is 0.308. The molecule has 0 atom stereocenters. The lowest BCUT2D eigenvalue weighted by Crippen LogP contribution is -2.01. The molecule has 0 amide bonds. The summed E-state index contributed by atoms with van der Waals surface area (Å²) in [5, 5.41) is 0. The van der Waals surface area contributed by atoms with Crippen molar-refractivity contribution in [3.63, 3.8) is 0 Å². The van der Waals surface area contributed by atoms with Crippen molar-refractivity contribution in [3.8, 4) is 11.4 Å². The number of methoxy groups -OCH3 is 1. The minimum Gasteiger partial charge on any atom is -0.496 e. The first-order valence-corrected chi connectivity index (χ1v) is 6.67. The molecule has 6 heteroatoms. The molecule has 3 rings (SSSR count). The van der Waals surface area contributed by atoms with Crippen molar-refractivity contribution in [3.05, 3.63) is 46.7 Å². The van der Waals surface area contributed by atoms with Crippen molar-refractivity contribution < 1.29 is 9.13 Å². The Balaban J connectivity index is 2.26. The average Bonchev–Trinajstić information content (AvgIpc) is 2.74. The Morgan fingerprint density at radius 3 is 2.75 bits per heavy atom. The smallest absolute Gasteiger partial charge is 0.205 e. The van der Waals surface area contributed by atoms with Gasteiger partial charge in [0.2, 0.25) is 5.95 Å². The summed E-state index contributed by atoms with van der Waals surface area (Å²) in [5.41, 5.74) is 7.99. The van der Waals surface area contributed by atoms with Crippen LogP contribution >= 0.6 is 15.9 Å². The second-order valence-electron chi connectivity index (χ2n) is 4.26. The van der Waals surface area contributed by atoms with Crippen LogP contribution in [-0.4, -0.2) is 16.7 Å². The highest BCUT2D eigenvalue weighted by atomic mass is 79.9. The average molecular weight is 336 g/mol. The van der Waals surface area contributed by atoms with Crippen LogP contribution in [0, 0.1) is 5.82 Å². The first kappa shape index (κ1) is 12.9. The molecule has 0 fully saturated rings. The van der Waals surface area contributed by atoms with Crippen LogP contribution < -0.4 is 10.5 Å². The van der Waals surface area contributed by atoms with Crippen molar-refractivity contribution in [2.45, 2.75) is 0 Å². The van der Waals surface area contributed by atoms with E-state index in [9.17, 15) is 4.39 Å². The monoisotopic (exact) mass is 335 g/mol. The first-order valence-electron chi connectivity index (χ1n) is 5.87. The van der Waals surface area contributed by atoms with Gasteiger partial charge in [0.25, 0.3) is 0 Å². The summed E-state index contributed by atoms with van der Waals surface area (Å²) < 4.78 is 21.1. The summed E-state index contributed by atoms with van der Waals surface area (Å²) in [7, 11) is 1.59. The Bertz CT molecular complexity index is 800. The second-order valence-corrected chi connectivity index (χ2v) is 5.11. The number of hydrogen-bond donors (Lipinski definition) is 1. The number of benzene rings is 2. The maximum Gasteiger partial charge on any atom is 0.205 e. The van der Waals surface area contributed by atoms with Crippen LogP contribution in [0.25, 0.3) is 16.7 Å². The number of rotatable bonds is 2. The number of anilines is 1. The Hall–Kier alpha value is -2.08. The van der Waals surface area contributed by atoms with Crippen molar-refractivity contribution in [2.75, 3.05) is 12.8 Å². The Kier molecular flexibility index (Phi) is 3.10. The molecule has 0 radical (unpaired) electrons. The van der Waals surface area contributed by atoms with Gasteiger partial charge in [-0.2, -0.15) is 0 Å². The predicted octanol–water partition coefficient (Wildman–Crippen LogP) is 3.52. The summed E-state index contributed by atoms with van der Waals surface area (Å²) in [6.45, 7) is 0. The molecule has 0 aliphatic heterocycles. The van der Waals surface area contributed by atoms with E-state index in [0.717, 1.165) is 10.2 Å². The number of aromatic nitrogens is 2. The van der Waals surface area contributed by atoms with Crippen LogP contribution in [0.5, 0.6) is 5.75 Å². The summed E-state index contributed by atoms with van der Waals surface area (Å²) in [6, 6.07) is 9.88. The molecule has 2 N–H and O–H groups in total. The molecule has 0 unspecified atom stereocenters. The number of ether oxygens (including phenoxy) is 1. The molecule has 0 saturated heterocycles. The van der Waals surface area contributed by atoms with Crippen LogP contribution in [0.4, 0.5) is 10.3 Å². The lowest BCUT2D eigenvalue weighted by molar-refractivity contribution is 0.412. The highest BCUT2D eigenvalue weighted by Gasteiger charge is 2.12. The van der Waals surface area contributed by atoms with Gasteiger partial charge in [-0.15, -0.1) is 0 Å². The molecule has 0 spiro atoms. The lowest BCUT2D eigenvalue weighted by Gasteiger charge is -2.09. The van der Waals surface area contributed by atoms with Crippen molar-refractivity contribution in [1.82, 2.24) is 9.55 Å². The third kappa shape index (κ3) is 2.02. The second kappa shape index (κ2) is 4.79. The summed E-state index contributed by atoms with van der Waals surface area (Å²) in [6.07, 6.45) is 0. The van der Waals surface area contributed by atoms with Gasteiger partial charge in [0.05, 0.1) is 28.3 Å². The van der Waals surface area contributed by atoms with E-state index in [1.54, 1.807) is 17.7 Å². The number of nitrogens with zero attached hydrogens (tertiary/aromatic N) is 2. The fraction of sp³-hybridized carbons (Fsp3) is 0.0714. The first-order chi connectivity index (χ1) is 9.60. The van der Waals surface area contributed by atoms with Crippen molar-refractivity contribution in [2.24, 2.45) is 0 Å². The molecular formula is C14H11BrFN3O. The summed E-state index contributed by atoms with van der Waals surface area (Å²) >= 11 is 3.42. The van der Waals surface area contributed by atoms with Crippen LogP contribution in [-0.2, 0) is 0 Å². The molecule has 0 aliphatic rings. The van der Waals surface area contributed by atoms with E-state index >= 15 is 0 Å². The molecule has 0 saturated carbocycles.